The van der Waals surface area contributed by atoms with Crippen LogP contribution in [-0.2, 0) is 4.79 Å². The third kappa shape index (κ3) is 3.49. The van der Waals surface area contributed by atoms with E-state index in [2.05, 4.69) is 46.4 Å². The monoisotopic (exact) mass is 306 g/mol. The zero-order valence-electron chi connectivity index (χ0n) is 12.5. The summed E-state index contributed by atoms with van der Waals surface area (Å²) in [6.07, 6.45) is 7.33. The summed E-state index contributed by atoms with van der Waals surface area (Å²) in [5, 5.41) is 11.0. The Labute approximate surface area is 129 Å². The van der Waals surface area contributed by atoms with Crippen molar-refractivity contribution in [1.29, 1.82) is 0 Å². The summed E-state index contributed by atoms with van der Waals surface area (Å²) >= 11 is 1.35. The third-order valence-electron chi connectivity index (χ3n) is 4.57. The molecule has 1 amide bonds. The molecule has 2 aliphatic rings. The van der Waals surface area contributed by atoms with Crippen molar-refractivity contribution in [2.24, 2.45) is 17.8 Å². The maximum atomic E-state index is 12.1. The van der Waals surface area contributed by atoms with E-state index in [9.17, 15) is 4.79 Å². The first-order valence-corrected chi connectivity index (χ1v) is 8.48. The molecule has 1 N–H and O–H groups in total. The second-order valence-corrected chi connectivity index (χ2v) is 7.19. The molecular weight excluding hydrogens is 284 g/mol. The van der Waals surface area contributed by atoms with Crippen LogP contribution in [0.15, 0.2) is 17.7 Å². The molecule has 1 fully saturated rings. The van der Waals surface area contributed by atoms with E-state index in [1.54, 1.807) is 5.51 Å². The Morgan fingerprint density at radius 1 is 1.48 bits per heavy atom. The molecule has 6 heteroatoms. The third-order valence-corrected chi connectivity index (χ3v) is 5.18. The van der Waals surface area contributed by atoms with Gasteiger partial charge in [0, 0.05) is 12.6 Å². The number of carbonyl (C=O) groups excluding carboxylic acids is 1. The molecule has 3 atom stereocenters. The summed E-state index contributed by atoms with van der Waals surface area (Å²) < 4.78 is 0. The lowest BCUT2D eigenvalue weighted by Crippen LogP contribution is -2.41. The number of hydrogen-bond donors (Lipinski definition) is 1. The lowest BCUT2D eigenvalue weighted by Gasteiger charge is -2.30. The van der Waals surface area contributed by atoms with Gasteiger partial charge in [0.05, 0.1) is 6.54 Å². The maximum Gasteiger partial charge on any atom is 0.240 e. The van der Waals surface area contributed by atoms with Gasteiger partial charge < -0.3 is 0 Å². The van der Waals surface area contributed by atoms with Crippen molar-refractivity contribution in [1.82, 2.24) is 15.1 Å². The molecule has 0 spiro atoms. The largest absolute Gasteiger partial charge is 0.299 e. The van der Waals surface area contributed by atoms with Crippen molar-refractivity contribution in [3.63, 3.8) is 0 Å². The number of hydrogen-bond acceptors (Lipinski definition) is 5. The van der Waals surface area contributed by atoms with Gasteiger partial charge in [0.1, 0.15) is 5.51 Å². The van der Waals surface area contributed by atoms with Crippen LogP contribution < -0.4 is 5.32 Å². The van der Waals surface area contributed by atoms with Gasteiger partial charge in [-0.05, 0) is 44.4 Å². The predicted molar refractivity (Wildman–Crippen MR) is 84.1 cm³/mol. The number of nitrogens with zero attached hydrogens (tertiary/aromatic N) is 3. The molecule has 2 bridgehead atoms. The normalized spacial score (nSPS) is 27.0. The zero-order chi connectivity index (χ0) is 14.8. The highest BCUT2D eigenvalue weighted by Gasteiger charge is 2.36. The first-order valence-electron chi connectivity index (χ1n) is 7.60. The molecule has 1 saturated carbocycles. The molecule has 1 aromatic heterocycles. The van der Waals surface area contributed by atoms with Crippen LogP contribution >= 0.6 is 11.3 Å². The van der Waals surface area contributed by atoms with Crippen LogP contribution in [0.25, 0.3) is 0 Å². The summed E-state index contributed by atoms with van der Waals surface area (Å²) in [5.74, 6) is 2.21. The number of allylic oxidation sites excluding steroid dienone is 2. The Morgan fingerprint density at radius 2 is 2.33 bits per heavy atom. The van der Waals surface area contributed by atoms with Crippen molar-refractivity contribution in [3.8, 4) is 0 Å². The van der Waals surface area contributed by atoms with E-state index < -0.39 is 0 Å². The standard InChI is InChI=1S/C15H22N4OS/c1-10(2)19(7-13-6-11-3-4-12(13)5-11)8-14(20)17-15-18-16-9-21-15/h3-4,9-13H,5-8H2,1-2H3,(H,17,18,20). The average molecular weight is 306 g/mol. The van der Waals surface area contributed by atoms with Crippen LogP contribution in [0, 0.1) is 17.8 Å². The molecule has 21 heavy (non-hydrogen) atoms. The van der Waals surface area contributed by atoms with Gasteiger partial charge in [-0.2, -0.15) is 0 Å². The zero-order valence-corrected chi connectivity index (χ0v) is 13.3. The topological polar surface area (TPSA) is 58.1 Å². The maximum absolute atomic E-state index is 12.1. The second-order valence-electron chi connectivity index (χ2n) is 6.36. The van der Waals surface area contributed by atoms with Crippen LogP contribution in [0.3, 0.4) is 0 Å². The smallest absolute Gasteiger partial charge is 0.240 e. The fraction of sp³-hybridized carbons (Fsp3) is 0.667. The molecule has 1 heterocycles. The van der Waals surface area contributed by atoms with Gasteiger partial charge in [-0.25, -0.2) is 0 Å². The number of amides is 1. The van der Waals surface area contributed by atoms with E-state index in [1.165, 1.54) is 24.2 Å². The summed E-state index contributed by atoms with van der Waals surface area (Å²) in [6.45, 7) is 5.74. The SMILES string of the molecule is CC(C)N(CC(=O)Nc1nncs1)CC1CC2C=CC1C2. The van der Waals surface area contributed by atoms with Crippen molar-refractivity contribution in [2.45, 2.75) is 32.7 Å². The number of fused-ring (bicyclic) bond motifs is 2. The molecule has 5 nitrogen and oxygen atoms in total. The highest BCUT2D eigenvalue weighted by atomic mass is 32.1. The van der Waals surface area contributed by atoms with Crippen molar-refractivity contribution in [3.05, 3.63) is 17.7 Å². The molecule has 0 saturated heterocycles. The van der Waals surface area contributed by atoms with E-state index in [1.807, 2.05) is 0 Å². The molecule has 3 rings (SSSR count). The van der Waals surface area contributed by atoms with E-state index >= 15 is 0 Å². The molecule has 0 aromatic carbocycles. The molecule has 0 aliphatic heterocycles. The van der Waals surface area contributed by atoms with E-state index in [0.717, 1.165) is 18.4 Å². The molecule has 3 unspecified atom stereocenters. The van der Waals surface area contributed by atoms with E-state index in [-0.39, 0.29) is 5.91 Å². The van der Waals surface area contributed by atoms with Crippen molar-refractivity contribution < 1.29 is 4.79 Å². The summed E-state index contributed by atoms with van der Waals surface area (Å²) in [7, 11) is 0. The number of aromatic nitrogens is 2. The predicted octanol–water partition coefficient (Wildman–Crippen LogP) is 2.40. The fourth-order valence-electron chi connectivity index (χ4n) is 3.43. The van der Waals surface area contributed by atoms with Gasteiger partial charge in [-0.3, -0.25) is 15.0 Å². The molecule has 2 aliphatic carbocycles. The van der Waals surface area contributed by atoms with Crippen LogP contribution in [0.4, 0.5) is 5.13 Å². The number of anilines is 1. The summed E-state index contributed by atoms with van der Waals surface area (Å²) in [6, 6.07) is 0.369. The molecule has 114 valence electrons. The molecular formula is C15H22N4OS. The van der Waals surface area contributed by atoms with Crippen LogP contribution in [-0.4, -0.2) is 40.1 Å². The number of nitrogens with one attached hydrogen (secondary N) is 1. The van der Waals surface area contributed by atoms with Crippen LogP contribution in [0.1, 0.15) is 26.7 Å². The van der Waals surface area contributed by atoms with Gasteiger partial charge >= 0.3 is 0 Å². The Hall–Kier alpha value is -1.27. The highest BCUT2D eigenvalue weighted by Crippen LogP contribution is 2.43. The minimum absolute atomic E-state index is 0.000788. The van der Waals surface area contributed by atoms with Crippen LogP contribution in [0.2, 0.25) is 0 Å². The molecule has 0 radical (unpaired) electrons. The highest BCUT2D eigenvalue weighted by molar-refractivity contribution is 7.13. The van der Waals surface area contributed by atoms with Gasteiger partial charge in [0.25, 0.3) is 0 Å². The average Bonchev–Trinajstić information content (AvgIpc) is 3.14. The van der Waals surface area contributed by atoms with Gasteiger partial charge in [0.2, 0.25) is 11.0 Å². The summed E-state index contributed by atoms with van der Waals surface area (Å²) in [5.41, 5.74) is 1.62. The van der Waals surface area contributed by atoms with Crippen LogP contribution in [0.5, 0.6) is 0 Å². The molecule has 1 aromatic rings. The number of carbonyl (C=O) groups is 1. The second kappa shape index (κ2) is 6.23. The Balaban J connectivity index is 1.54. The van der Waals surface area contributed by atoms with Crippen molar-refractivity contribution >= 4 is 22.4 Å². The Kier molecular flexibility index (Phi) is 4.35. The number of rotatable bonds is 6. The minimum Gasteiger partial charge on any atom is -0.299 e. The quantitative estimate of drug-likeness (QED) is 0.820. The van der Waals surface area contributed by atoms with Gasteiger partial charge in [-0.15, -0.1) is 10.2 Å². The first-order chi connectivity index (χ1) is 10.1. The van der Waals surface area contributed by atoms with E-state index in [4.69, 9.17) is 0 Å². The lowest BCUT2D eigenvalue weighted by atomic mass is 9.92. The minimum atomic E-state index is -0.000788. The Bertz CT molecular complexity index is 514. The Morgan fingerprint density at radius 3 is 2.90 bits per heavy atom. The van der Waals surface area contributed by atoms with Crippen molar-refractivity contribution in [2.75, 3.05) is 18.4 Å². The fourth-order valence-corrected chi connectivity index (χ4v) is 3.90. The summed E-state index contributed by atoms with van der Waals surface area (Å²) in [4.78, 5) is 14.4. The first kappa shape index (κ1) is 14.7. The van der Waals surface area contributed by atoms with E-state index in [0.29, 0.717) is 23.6 Å². The lowest BCUT2D eigenvalue weighted by molar-refractivity contribution is -0.117. The van der Waals surface area contributed by atoms with Gasteiger partial charge in [0.15, 0.2) is 0 Å². The van der Waals surface area contributed by atoms with Gasteiger partial charge in [-0.1, -0.05) is 23.5 Å².